The number of rotatable bonds is 5. The number of nitro groups is 1. The van der Waals surface area contributed by atoms with Crippen molar-refractivity contribution in [1.29, 1.82) is 0 Å². The molecule has 0 saturated carbocycles. The van der Waals surface area contributed by atoms with Gasteiger partial charge in [-0.25, -0.2) is 4.98 Å². The first-order valence-corrected chi connectivity index (χ1v) is 9.73. The number of benzene rings is 2. The van der Waals surface area contributed by atoms with E-state index in [4.69, 9.17) is 11.6 Å². The second kappa shape index (κ2) is 7.53. The molecule has 0 amide bonds. The maximum Gasteiger partial charge on any atom is 0.270 e. The Morgan fingerprint density at radius 1 is 1.14 bits per heavy atom. The van der Waals surface area contributed by atoms with Crippen LogP contribution in [0.25, 0.3) is 21.3 Å². The van der Waals surface area contributed by atoms with Crippen LogP contribution in [-0.2, 0) is 6.54 Å². The van der Waals surface area contributed by atoms with E-state index in [1.54, 1.807) is 12.1 Å². The van der Waals surface area contributed by atoms with Crippen LogP contribution in [0.5, 0.6) is 0 Å². The Morgan fingerprint density at radius 2 is 1.93 bits per heavy atom. The van der Waals surface area contributed by atoms with Crippen molar-refractivity contribution in [2.75, 3.05) is 11.9 Å². The summed E-state index contributed by atoms with van der Waals surface area (Å²) >= 11 is 7.60. The average Bonchev–Trinajstić information content (AvgIpc) is 3.12. The van der Waals surface area contributed by atoms with E-state index in [1.807, 2.05) is 53.7 Å². The van der Waals surface area contributed by atoms with Crippen LogP contribution < -0.4 is 4.90 Å². The summed E-state index contributed by atoms with van der Waals surface area (Å²) in [5.74, 6) is 0.696. The number of non-ortho nitro benzene ring substituents is 1. The van der Waals surface area contributed by atoms with Gasteiger partial charge in [0.1, 0.15) is 10.6 Å². The van der Waals surface area contributed by atoms with E-state index in [0.29, 0.717) is 12.4 Å². The summed E-state index contributed by atoms with van der Waals surface area (Å²) < 4.78 is 0. The highest BCUT2D eigenvalue weighted by Crippen LogP contribution is 2.39. The number of fused-ring (bicyclic) bond motifs is 1. The van der Waals surface area contributed by atoms with Crippen molar-refractivity contribution in [2.45, 2.75) is 6.54 Å². The fourth-order valence-corrected chi connectivity index (χ4v) is 4.26. The normalized spacial score (nSPS) is 10.9. The SMILES string of the molecule is CN(Cc1ccccc1)c1nc(Cl)nc2scc(-c3cccc([N+](=O)[O-])c3)c12. The minimum absolute atomic E-state index is 0.0472. The van der Waals surface area contributed by atoms with Crippen molar-refractivity contribution in [3.05, 3.63) is 80.9 Å². The molecular formula is C20H15ClN4O2S. The Bertz CT molecular complexity index is 1160. The van der Waals surface area contributed by atoms with Crippen LogP contribution in [0.1, 0.15) is 5.56 Å². The van der Waals surface area contributed by atoms with Crippen molar-refractivity contribution >= 4 is 44.7 Å². The zero-order chi connectivity index (χ0) is 19.7. The first-order valence-electron chi connectivity index (χ1n) is 8.47. The van der Waals surface area contributed by atoms with Crippen LogP contribution in [0.4, 0.5) is 11.5 Å². The van der Waals surface area contributed by atoms with Crippen molar-refractivity contribution in [3.8, 4) is 11.1 Å². The molecule has 0 atom stereocenters. The lowest BCUT2D eigenvalue weighted by Gasteiger charge is -2.20. The van der Waals surface area contributed by atoms with Gasteiger partial charge in [-0.2, -0.15) is 4.98 Å². The summed E-state index contributed by atoms with van der Waals surface area (Å²) in [6.45, 7) is 0.646. The third-order valence-electron chi connectivity index (χ3n) is 4.38. The van der Waals surface area contributed by atoms with E-state index in [2.05, 4.69) is 9.97 Å². The molecule has 2 aromatic heterocycles. The summed E-state index contributed by atoms with van der Waals surface area (Å²) in [6.07, 6.45) is 0. The molecule has 2 aromatic carbocycles. The topological polar surface area (TPSA) is 72.2 Å². The molecule has 0 aliphatic carbocycles. The molecule has 0 fully saturated rings. The molecule has 0 unspecified atom stereocenters. The number of hydrogen-bond acceptors (Lipinski definition) is 6. The second-order valence-corrected chi connectivity index (χ2v) is 7.49. The molecule has 4 aromatic rings. The van der Waals surface area contributed by atoms with Crippen LogP contribution in [0.2, 0.25) is 5.28 Å². The molecule has 0 N–H and O–H groups in total. The number of nitrogens with zero attached hydrogens (tertiary/aromatic N) is 4. The maximum absolute atomic E-state index is 11.2. The Labute approximate surface area is 170 Å². The predicted molar refractivity (Wildman–Crippen MR) is 113 cm³/mol. The molecule has 2 heterocycles. The fraction of sp³-hybridized carbons (Fsp3) is 0.100. The van der Waals surface area contributed by atoms with Crippen LogP contribution in [-0.4, -0.2) is 21.9 Å². The number of nitro benzene ring substituents is 1. The molecule has 0 bridgehead atoms. The molecule has 28 heavy (non-hydrogen) atoms. The van der Waals surface area contributed by atoms with Crippen molar-refractivity contribution < 1.29 is 4.92 Å². The smallest absolute Gasteiger partial charge is 0.270 e. The Hall–Kier alpha value is -3.03. The van der Waals surface area contributed by atoms with Gasteiger partial charge in [0, 0.05) is 36.7 Å². The van der Waals surface area contributed by atoms with E-state index >= 15 is 0 Å². The zero-order valence-corrected chi connectivity index (χ0v) is 16.4. The Balaban J connectivity index is 1.84. The summed E-state index contributed by atoms with van der Waals surface area (Å²) in [5, 5.41) is 14.1. The molecule has 4 rings (SSSR count). The highest BCUT2D eigenvalue weighted by atomic mass is 35.5. The quantitative estimate of drug-likeness (QED) is 0.245. The summed E-state index contributed by atoms with van der Waals surface area (Å²) in [4.78, 5) is 22.3. The van der Waals surface area contributed by atoms with Gasteiger partial charge in [-0.05, 0) is 22.7 Å². The minimum Gasteiger partial charge on any atom is -0.355 e. The molecular weight excluding hydrogens is 396 g/mol. The first kappa shape index (κ1) is 18.3. The number of anilines is 1. The molecule has 0 aliphatic rings. The Morgan fingerprint density at radius 3 is 2.68 bits per heavy atom. The van der Waals surface area contributed by atoms with Gasteiger partial charge >= 0.3 is 0 Å². The Kier molecular flexibility index (Phi) is 4.93. The lowest BCUT2D eigenvalue weighted by molar-refractivity contribution is -0.384. The van der Waals surface area contributed by atoms with Gasteiger partial charge < -0.3 is 4.90 Å². The molecule has 8 heteroatoms. The van der Waals surface area contributed by atoms with Crippen LogP contribution in [0.15, 0.2) is 60.0 Å². The highest BCUT2D eigenvalue weighted by Gasteiger charge is 2.19. The zero-order valence-electron chi connectivity index (χ0n) is 14.9. The van der Waals surface area contributed by atoms with Gasteiger partial charge in [0.15, 0.2) is 0 Å². The van der Waals surface area contributed by atoms with Gasteiger partial charge in [0.2, 0.25) is 5.28 Å². The largest absolute Gasteiger partial charge is 0.355 e. The molecule has 0 radical (unpaired) electrons. The summed E-state index contributed by atoms with van der Waals surface area (Å²) in [6, 6.07) is 16.6. The van der Waals surface area contributed by atoms with Crippen molar-refractivity contribution in [1.82, 2.24) is 9.97 Å². The molecule has 140 valence electrons. The van der Waals surface area contributed by atoms with E-state index in [-0.39, 0.29) is 11.0 Å². The minimum atomic E-state index is -0.395. The third-order valence-corrected chi connectivity index (χ3v) is 5.42. The number of hydrogen-bond donors (Lipinski definition) is 0. The van der Waals surface area contributed by atoms with Gasteiger partial charge in [0.05, 0.1) is 10.3 Å². The first-order chi connectivity index (χ1) is 13.5. The molecule has 6 nitrogen and oxygen atoms in total. The maximum atomic E-state index is 11.2. The van der Waals surface area contributed by atoms with E-state index in [9.17, 15) is 10.1 Å². The van der Waals surface area contributed by atoms with E-state index < -0.39 is 4.92 Å². The number of aromatic nitrogens is 2. The standard InChI is InChI=1S/C20H15ClN4O2S/c1-24(11-13-6-3-2-4-7-13)18-17-16(12-28-19(17)23-20(21)22-18)14-8-5-9-15(10-14)25(26)27/h2-10,12H,11H2,1H3. The predicted octanol–water partition coefficient (Wildman–Crippen LogP) is 5.56. The van der Waals surface area contributed by atoms with Crippen LogP contribution in [0.3, 0.4) is 0 Å². The lowest BCUT2D eigenvalue weighted by atomic mass is 10.1. The highest BCUT2D eigenvalue weighted by molar-refractivity contribution is 7.17. The summed E-state index contributed by atoms with van der Waals surface area (Å²) in [7, 11) is 1.94. The van der Waals surface area contributed by atoms with Crippen LogP contribution in [0, 0.1) is 10.1 Å². The lowest BCUT2D eigenvalue weighted by Crippen LogP contribution is -2.18. The molecule has 0 spiro atoms. The monoisotopic (exact) mass is 410 g/mol. The van der Waals surface area contributed by atoms with Gasteiger partial charge in [-0.3, -0.25) is 10.1 Å². The number of halogens is 1. The van der Waals surface area contributed by atoms with E-state index in [1.165, 1.54) is 17.4 Å². The van der Waals surface area contributed by atoms with Crippen molar-refractivity contribution in [3.63, 3.8) is 0 Å². The average molecular weight is 411 g/mol. The fourth-order valence-electron chi connectivity index (χ4n) is 3.11. The number of thiophene rings is 1. The van der Waals surface area contributed by atoms with Gasteiger partial charge in [0.25, 0.3) is 5.69 Å². The molecule has 0 saturated heterocycles. The molecule has 0 aliphatic heterocycles. The van der Waals surface area contributed by atoms with E-state index in [0.717, 1.165) is 26.9 Å². The van der Waals surface area contributed by atoms with Crippen molar-refractivity contribution in [2.24, 2.45) is 0 Å². The van der Waals surface area contributed by atoms with Gasteiger partial charge in [-0.15, -0.1) is 11.3 Å². The van der Waals surface area contributed by atoms with Gasteiger partial charge in [-0.1, -0.05) is 42.5 Å². The second-order valence-electron chi connectivity index (χ2n) is 6.29. The third kappa shape index (κ3) is 3.54. The van der Waals surface area contributed by atoms with Crippen LogP contribution >= 0.6 is 22.9 Å². The summed E-state index contributed by atoms with van der Waals surface area (Å²) in [5.41, 5.74) is 2.79.